The van der Waals surface area contributed by atoms with Gasteiger partial charge in [0.1, 0.15) is 0 Å². The molecule has 0 aliphatic heterocycles. The van der Waals surface area contributed by atoms with Crippen LogP contribution >= 0.6 is 46.4 Å². The van der Waals surface area contributed by atoms with Gasteiger partial charge in [-0.25, -0.2) is 0 Å². The van der Waals surface area contributed by atoms with Crippen LogP contribution in [0.1, 0.15) is 26.3 Å². The molecule has 0 radical (unpaired) electrons. The lowest BCUT2D eigenvalue weighted by atomic mass is 9.85. The maximum atomic E-state index is 12.9. The van der Waals surface area contributed by atoms with E-state index < -0.39 is 17.1 Å². The molecule has 1 amide bonds. The Morgan fingerprint density at radius 3 is 2.07 bits per heavy atom. The number of rotatable bonds is 4. The maximum absolute atomic E-state index is 12.9. The van der Waals surface area contributed by atoms with Gasteiger partial charge >= 0.3 is 0 Å². The normalized spacial score (nSPS) is 12.0. The number of hydrogen-bond acceptors (Lipinski definition) is 3. The summed E-state index contributed by atoms with van der Waals surface area (Å²) in [5, 5.41) is 13.0. The number of phenolic OH excluding ortho intramolecular Hbond substituents is 1. The molecule has 0 aromatic heterocycles. The molecule has 0 fully saturated rings. The lowest BCUT2D eigenvalue weighted by molar-refractivity contribution is -0.125. The zero-order valence-corrected chi connectivity index (χ0v) is 18.3. The Morgan fingerprint density at radius 1 is 0.964 bits per heavy atom. The highest BCUT2D eigenvalue weighted by atomic mass is 35.5. The number of halogens is 4. The van der Waals surface area contributed by atoms with Crippen molar-refractivity contribution >= 4 is 69.9 Å². The fourth-order valence-electron chi connectivity index (χ4n) is 2.26. The van der Waals surface area contributed by atoms with E-state index in [2.05, 4.69) is 5.32 Å². The number of carbonyl (C=O) groups excluding carboxylic acids is 2. The molecular formula is C20H17Cl4NO3. The zero-order chi connectivity index (χ0) is 21.2. The van der Waals surface area contributed by atoms with Gasteiger partial charge in [-0.15, -0.1) is 0 Å². The van der Waals surface area contributed by atoms with Gasteiger partial charge in [-0.05, 0) is 42.0 Å². The number of aromatic hydroxyl groups is 1. The highest BCUT2D eigenvalue weighted by molar-refractivity contribution is 6.38. The molecule has 0 atom stereocenters. The third-order valence-electron chi connectivity index (χ3n) is 3.70. The Bertz CT molecular complexity index is 955. The maximum Gasteiger partial charge on any atom is 0.259 e. The summed E-state index contributed by atoms with van der Waals surface area (Å²) in [5.74, 6) is -1.34. The first-order valence-corrected chi connectivity index (χ1v) is 9.62. The largest absolute Gasteiger partial charge is 0.505 e. The minimum absolute atomic E-state index is 0.000369. The molecule has 0 bridgehead atoms. The van der Waals surface area contributed by atoms with E-state index in [1.807, 2.05) is 0 Å². The predicted molar refractivity (Wildman–Crippen MR) is 116 cm³/mol. The van der Waals surface area contributed by atoms with Crippen LogP contribution in [0.5, 0.6) is 5.75 Å². The van der Waals surface area contributed by atoms with Crippen molar-refractivity contribution in [1.29, 1.82) is 0 Å². The van der Waals surface area contributed by atoms with E-state index in [-0.39, 0.29) is 32.1 Å². The molecule has 2 aromatic rings. The molecule has 8 heteroatoms. The van der Waals surface area contributed by atoms with Crippen molar-refractivity contribution in [3.63, 3.8) is 0 Å². The van der Waals surface area contributed by atoms with Gasteiger partial charge in [-0.2, -0.15) is 0 Å². The third-order valence-corrected chi connectivity index (χ3v) is 4.84. The topological polar surface area (TPSA) is 66.4 Å². The van der Waals surface area contributed by atoms with E-state index in [1.165, 1.54) is 30.3 Å². The van der Waals surface area contributed by atoms with Gasteiger partial charge in [0.15, 0.2) is 11.5 Å². The Labute approximate surface area is 183 Å². The highest BCUT2D eigenvalue weighted by Gasteiger charge is 2.29. The molecule has 28 heavy (non-hydrogen) atoms. The van der Waals surface area contributed by atoms with Crippen LogP contribution < -0.4 is 5.32 Å². The Morgan fingerprint density at radius 2 is 1.54 bits per heavy atom. The Balaban J connectivity index is 2.52. The van der Waals surface area contributed by atoms with E-state index >= 15 is 0 Å². The molecule has 0 unspecified atom stereocenters. The van der Waals surface area contributed by atoms with Crippen LogP contribution in [0.3, 0.4) is 0 Å². The second-order valence-corrected chi connectivity index (χ2v) is 8.71. The number of benzene rings is 2. The summed E-state index contributed by atoms with van der Waals surface area (Å²) in [6, 6.07) is 7.40. The second kappa shape index (κ2) is 8.75. The molecule has 148 valence electrons. The third kappa shape index (κ3) is 5.42. The molecule has 4 nitrogen and oxygen atoms in total. The predicted octanol–water partition coefficient (Wildman–Crippen LogP) is 6.64. The van der Waals surface area contributed by atoms with Crippen molar-refractivity contribution < 1.29 is 14.7 Å². The molecule has 2 N–H and O–H groups in total. The van der Waals surface area contributed by atoms with Crippen LogP contribution in [0.4, 0.5) is 5.69 Å². The smallest absolute Gasteiger partial charge is 0.259 e. The van der Waals surface area contributed by atoms with E-state index in [0.29, 0.717) is 10.6 Å². The van der Waals surface area contributed by atoms with Gasteiger partial charge in [0.2, 0.25) is 0 Å². The molecule has 0 aliphatic carbocycles. The molecule has 2 rings (SSSR count). The monoisotopic (exact) mass is 459 g/mol. The molecule has 0 spiro atoms. The van der Waals surface area contributed by atoms with Crippen LogP contribution in [0, 0.1) is 5.41 Å². The van der Waals surface area contributed by atoms with Crippen molar-refractivity contribution in [3.8, 4) is 5.75 Å². The first-order valence-electron chi connectivity index (χ1n) is 8.11. The van der Waals surface area contributed by atoms with Crippen LogP contribution in [0.2, 0.25) is 20.1 Å². The van der Waals surface area contributed by atoms with Gasteiger partial charge < -0.3 is 10.4 Å². The number of hydrogen-bond donors (Lipinski definition) is 2. The SMILES string of the molecule is CC(C)(C)C(=O)/C(=C\c1cc(Cl)c(O)c(Cl)c1)C(=O)Nc1cc(Cl)ccc1Cl. The number of anilines is 1. The zero-order valence-electron chi connectivity index (χ0n) is 15.2. The lowest BCUT2D eigenvalue weighted by Crippen LogP contribution is -2.29. The van der Waals surface area contributed by atoms with E-state index in [0.717, 1.165) is 0 Å². The Kier molecular flexibility index (Phi) is 7.05. The number of carbonyl (C=O) groups is 2. The standard InChI is InChI=1S/C20H17Cl4NO3/c1-20(2,3)18(27)12(6-10-7-14(23)17(26)15(24)8-10)19(28)25-16-9-11(21)4-5-13(16)22/h4-9,26H,1-3H3,(H,25,28)/b12-6+. The van der Waals surface area contributed by atoms with E-state index in [4.69, 9.17) is 46.4 Å². The fourth-order valence-corrected chi connectivity index (χ4v) is 3.10. The van der Waals surface area contributed by atoms with Gasteiger partial charge in [-0.1, -0.05) is 67.2 Å². The van der Waals surface area contributed by atoms with Crippen molar-refractivity contribution in [1.82, 2.24) is 0 Å². The number of phenols is 1. The van der Waals surface area contributed by atoms with Crippen molar-refractivity contribution in [2.75, 3.05) is 5.32 Å². The summed E-state index contributed by atoms with van der Waals surface area (Å²) in [4.78, 5) is 25.8. The summed E-state index contributed by atoms with van der Waals surface area (Å²) in [6.07, 6.45) is 1.36. The van der Waals surface area contributed by atoms with Gasteiger partial charge in [0, 0.05) is 10.4 Å². The molecule has 0 saturated heterocycles. The number of nitrogens with one attached hydrogen (secondary N) is 1. The lowest BCUT2D eigenvalue weighted by Gasteiger charge is -2.19. The van der Waals surface area contributed by atoms with Gasteiger partial charge in [0.05, 0.1) is 26.3 Å². The minimum atomic E-state index is -0.828. The van der Waals surface area contributed by atoms with Crippen LogP contribution in [0.25, 0.3) is 6.08 Å². The quantitative estimate of drug-likeness (QED) is 0.305. The number of Topliss-reactive ketones (excluding diaryl/α,β-unsaturated/α-hetero) is 1. The molecule has 0 saturated carbocycles. The van der Waals surface area contributed by atoms with Crippen molar-refractivity contribution in [2.24, 2.45) is 5.41 Å². The highest BCUT2D eigenvalue weighted by Crippen LogP contribution is 2.34. The average Bonchev–Trinajstić information content (AvgIpc) is 2.59. The van der Waals surface area contributed by atoms with Gasteiger partial charge in [0.25, 0.3) is 5.91 Å². The summed E-state index contributed by atoms with van der Waals surface area (Å²) in [5.41, 5.74) is -0.297. The van der Waals surface area contributed by atoms with E-state index in [1.54, 1.807) is 26.8 Å². The average molecular weight is 461 g/mol. The molecular weight excluding hydrogens is 444 g/mol. The van der Waals surface area contributed by atoms with Crippen molar-refractivity contribution in [3.05, 3.63) is 61.6 Å². The van der Waals surface area contributed by atoms with Crippen LogP contribution in [-0.4, -0.2) is 16.8 Å². The van der Waals surface area contributed by atoms with Crippen molar-refractivity contribution in [2.45, 2.75) is 20.8 Å². The number of ketones is 1. The summed E-state index contributed by atoms with van der Waals surface area (Å²) in [6.45, 7) is 5.08. The van der Waals surface area contributed by atoms with Crippen LogP contribution in [0.15, 0.2) is 35.9 Å². The molecule has 0 aliphatic rings. The minimum Gasteiger partial charge on any atom is -0.505 e. The molecule has 0 heterocycles. The second-order valence-electron chi connectivity index (χ2n) is 7.05. The molecule has 2 aromatic carbocycles. The summed E-state index contributed by atoms with van der Waals surface area (Å²) >= 11 is 23.9. The van der Waals surface area contributed by atoms with E-state index in [9.17, 15) is 14.7 Å². The van der Waals surface area contributed by atoms with Crippen LogP contribution in [-0.2, 0) is 9.59 Å². The fraction of sp³-hybridized carbons (Fsp3) is 0.200. The summed E-state index contributed by atoms with van der Waals surface area (Å²) in [7, 11) is 0. The van der Waals surface area contributed by atoms with Gasteiger partial charge in [-0.3, -0.25) is 9.59 Å². The first kappa shape index (κ1) is 22.6. The summed E-state index contributed by atoms with van der Waals surface area (Å²) < 4.78 is 0. The Hall–Kier alpha value is -1.72. The first-order chi connectivity index (χ1) is 12.9. The number of amides is 1.